The standard InChI is InChI=1S/C8H9N3O2/c1-4-8(5(2)12-10-4)6-3-7(9)11-13-6/h3H,1-2H3,(H2,9,11). The fourth-order valence-electron chi connectivity index (χ4n) is 1.24. The van der Waals surface area contributed by atoms with Crippen LogP contribution in [0, 0.1) is 13.8 Å². The molecule has 5 nitrogen and oxygen atoms in total. The van der Waals surface area contributed by atoms with Crippen molar-refractivity contribution in [2.75, 3.05) is 5.73 Å². The predicted molar refractivity (Wildman–Crippen MR) is 45.9 cm³/mol. The summed E-state index contributed by atoms with van der Waals surface area (Å²) < 4.78 is 9.98. The van der Waals surface area contributed by atoms with Crippen molar-refractivity contribution in [1.82, 2.24) is 10.3 Å². The molecular weight excluding hydrogens is 170 g/mol. The van der Waals surface area contributed by atoms with Crippen molar-refractivity contribution in [3.05, 3.63) is 17.5 Å². The minimum Gasteiger partial charge on any atom is -0.381 e. The van der Waals surface area contributed by atoms with Gasteiger partial charge in [-0.2, -0.15) is 0 Å². The summed E-state index contributed by atoms with van der Waals surface area (Å²) in [5.74, 6) is 1.65. The van der Waals surface area contributed by atoms with E-state index in [0.29, 0.717) is 17.3 Å². The van der Waals surface area contributed by atoms with Crippen LogP contribution in [0.5, 0.6) is 0 Å². The van der Waals surface area contributed by atoms with E-state index in [-0.39, 0.29) is 0 Å². The molecule has 2 rings (SSSR count). The van der Waals surface area contributed by atoms with Crippen LogP contribution < -0.4 is 5.73 Å². The summed E-state index contributed by atoms with van der Waals surface area (Å²) in [6.07, 6.45) is 0. The first-order valence-electron chi connectivity index (χ1n) is 3.84. The molecule has 0 amide bonds. The highest BCUT2D eigenvalue weighted by molar-refractivity contribution is 5.63. The zero-order valence-electron chi connectivity index (χ0n) is 7.37. The van der Waals surface area contributed by atoms with Crippen LogP contribution in [0.1, 0.15) is 11.5 Å². The van der Waals surface area contributed by atoms with Crippen molar-refractivity contribution >= 4 is 5.82 Å². The topological polar surface area (TPSA) is 78.1 Å². The van der Waals surface area contributed by atoms with Gasteiger partial charge < -0.3 is 14.8 Å². The van der Waals surface area contributed by atoms with Gasteiger partial charge in [0.1, 0.15) is 5.76 Å². The second-order valence-corrected chi connectivity index (χ2v) is 2.82. The van der Waals surface area contributed by atoms with E-state index in [1.165, 1.54) is 0 Å². The van der Waals surface area contributed by atoms with Gasteiger partial charge in [-0.1, -0.05) is 10.3 Å². The number of nitrogens with zero attached hydrogens (tertiary/aromatic N) is 2. The van der Waals surface area contributed by atoms with Crippen LogP contribution in [0.15, 0.2) is 15.1 Å². The molecule has 0 radical (unpaired) electrons. The van der Waals surface area contributed by atoms with Gasteiger partial charge in [0.25, 0.3) is 0 Å². The molecule has 2 aromatic heterocycles. The van der Waals surface area contributed by atoms with Crippen molar-refractivity contribution in [3.8, 4) is 11.3 Å². The molecule has 2 heterocycles. The summed E-state index contributed by atoms with van der Waals surface area (Å²) in [5.41, 5.74) is 7.02. The number of hydrogen-bond donors (Lipinski definition) is 1. The first kappa shape index (κ1) is 7.85. The Kier molecular flexibility index (Phi) is 1.58. The molecule has 0 unspecified atom stereocenters. The van der Waals surface area contributed by atoms with Crippen LogP contribution in [0.3, 0.4) is 0 Å². The minimum absolute atomic E-state index is 0.356. The van der Waals surface area contributed by atoms with E-state index in [4.69, 9.17) is 14.8 Å². The highest BCUT2D eigenvalue weighted by Crippen LogP contribution is 2.27. The summed E-state index contributed by atoms with van der Waals surface area (Å²) in [4.78, 5) is 0. The van der Waals surface area contributed by atoms with E-state index in [1.807, 2.05) is 13.8 Å². The van der Waals surface area contributed by atoms with Crippen molar-refractivity contribution in [1.29, 1.82) is 0 Å². The Balaban J connectivity index is 2.57. The Hall–Kier alpha value is -1.78. The van der Waals surface area contributed by atoms with Crippen molar-refractivity contribution in [2.24, 2.45) is 0 Å². The van der Waals surface area contributed by atoms with Gasteiger partial charge in [0, 0.05) is 6.07 Å². The molecule has 0 spiro atoms. The smallest absolute Gasteiger partial charge is 0.174 e. The van der Waals surface area contributed by atoms with Gasteiger partial charge in [0.05, 0.1) is 11.3 Å². The second kappa shape index (κ2) is 2.62. The van der Waals surface area contributed by atoms with Crippen LogP contribution >= 0.6 is 0 Å². The Morgan fingerprint density at radius 2 is 2.00 bits per heavy atom. The lowest BCUT2D eigenvalue weighted by Gasteiger charge is -1.89. The lowest BCUT2D eigenvalue weighted by molar-refractivity contribution is 0.392. The Morgan fingerprint density at radius 3 is 2.46 bits per heavy atom. The van der Waals surface area contributed by atoms with Crippen LogP contribution in [-0.4, -0.2) is 10.3 Å². The molecule has 0 atom stereocenters. The maximum Gasteiger partial charge on any atom is 0.174 e. The third-order valence-corrected chi connectivity index (χ3v) is 1.81. The number of aromatic nitrogens is 2. The predicted octanol–water partition coefficient (Wildman–Crippen LogP) is 1.53. The number of aryl methyl sites for hydroxylation is 2. The number of nitrogen functional groups attached to an aromatic ring is 1. The highest BCUT2D eigenvalue weighted by atomic mass is 16.5. The maximum absolute atomic E-state index is 5.43. The molecule has 0 aliphatic carbocycles. The lowest BCUT2D eigenvalue weighted by atomic mass is 10.1. The van der Waals surface area contributed by atoms with Crippen molar-refractivity contribution in [2.45, 2.75) is 13.8 Å². The highest BCUT2D eigenvalue weighted by Gasteiger charge is 2.15. The van der Waals surface area contributed by atoms with E-state index < -0.39 is 0 Å². The average molecular weight is 179 g/mol. The molecule has 0 aliphatic heterocycles. The average Bonchev–Trinajstić information content (AvgIpc) is 2.60. The van der Waals surface area contributed by atoms with Gasteiger partial charge >= 0.3 is 0 Å². The summed E-state index contributed by atoms with van der Waals surface area (Å²) in [6.45, 7) is 3.65. The fourth-order valence-corrected chi connectivity index (χ4v) is 1.24. The first-order valence-corrected chi connectivity index (χ1v) is 3.84. The van der Waals surface area contributed by atoms with Crippen molar-refractivity contribution < 1.29 is 9.05 Å². The molecule has 2 N–H and O–H groups in total. The van der Waals surface area contributed by atoms with E-state index in [0.717, 1.165) is 11.3 Å². The molecular formula is C8H9N3O2. The van der Waals surface area contributed by atoms with Crippen molar-refractivity contribution in [3.63, 3.8) is 0 Å². The zero-order valence-corrected chi connectivity index (χ0v) is 7.37. The molecule has 0 saturated heterocycles. The monoisotopic (exact) mass is 179 g/mol. The number of rotatable bonds is 1. The van der Waals surface area contributed by atoms with Gasteiger partial charge in [-0.25, -0.2) is 0 Å². The Labute approximate surface area is 74.5 Å². The van der Waals surface area contributed by atoms with Gasteiger partial charge in [-0.05, 0) is 13.8 Å². The SMILES string of the molecule is Cc1noc(C)c1-c1cc(N)no1. The number of anilines is 1. The summed E-state index contributed by atoms with van der Waals surface area (Å²) in [6, 6.07) is 1.65. The molecule has 2 aromatic rings. The van der Waals surface area contributed by atoms with E-state index in [9.17, 15) is 0 Å². The van der Waals surface area contributed by atoms with E-state index in [2.05, 4.69) is 10.3 Å². The molecule has 13 heavy (non-hydrogen) atoms. The van der Waals surface area contributed by atoms with Crippen LogP contribution in [0.4, 0.5) is 5.82 Å². The zero-order chi connectivity index (χ0) is 9.42. The molecule has 0 aliphatic rings. The molecule has 0 fully saturated rings. The van der Waals surface area contributed by atoms with E-state index >= 15 is 0 Å². The maximum atomic E-state index is 5.43. The first-order chi connectivity index (χ1) is 6.18. The Morgan fingerprint density at radius 1 is 1.23 bits per heavy atom. The van der Waals surface area contributed by atoms with Gasteiger partial charge in [-0.15, -0.1) is 0 Å². The van der Waals surface area contributed by atoms with Crippen LogP contribution in [0.25, 0.3) is 11.3 Å². The minimum atomic E-state index is 0.356. The third kappa shape index (κ3) is 1.18. The summed E-state index contributed by atoms with van der Waals surface area (Å²) >= 11 is 0. The van der Waals surface area contributed by atoms with Crippen LogP contribution in [0.2, 0.25) is 0 Å². The van der Waals surface area contributed by atoms with Gasteiger partial charge in [-0.3, -0.25) is 0 Å². The molecule has 68 valence electrons. The molecule has 0 bridgehead atoms. The molecule has 5 heteroatoms. The molecule has 0 aromatic carbocycles. The third-order valence-electron chi connectivity index (χ3n) is 1.81. The fraction of sp³-hybridized carbons (Fsp3) is 0.250. The Bertz CT molecular complexity index is 411. The largest absolute Gasteiger partial charge is 0.381 e. The quantitative estimate of drug-likeness (QED) is 0.718. The summed E-state index contributed by atoms with van der Waals surface area (Å²) in [5, 5.41) is 7.39. The molecule has 0 saturated carbocycles. The number of nitrogens with two attached hydrogens (primary N) is 1. The van der Waals surface area contributed by atoms with E-state index in [1.54, 1.807) is 6.07 Å². The normalized spacial score (nSPS) is 10.6. The number of hydrogen-bond acceptors (Lipinski definition) is 5. The van der Waals surface area contributed by atoms with Crippen LogP contribution in [-0.2, 0) is 0 Å². The van der Waals surface area contributed by atoms with Gasteiger partial charge in [0.15, 0.2) is 11.6 Å². The van der Waals surface area contributed by atoms with Gasteiger partial charge in [0.2, 0.25) is 0 Å². The summed E-state index contributed by atoms with van der Waals surface area (Å²) in [7, 11) is 0. The second-order valence-electron chi connectivity index (χ2n) is 2.82. The lowest BCUT2D eigenvalue weighted by Crippen LogP contribution is -1.80.